The van der Waals surface area contributed by atoms with Crippen molar-refractivity contribution in [2.45, 2.75) is 33.3 Å². The predicted octanol–water partition coefficient (Wildman–Crippen LogP) is 2.47. The topological polar surface area (TPSA) is 55.6 Å². The summed E-state index contributed by atoms with van der Waals surface area (Å²) in [6.45, 7) is 7.39. The zero-order valence-electron chi connectivity index (χ0n) is 11.8. The number of nitrogen functional groups attached to an aromatic ring is 1. The molecule has 4 heteroatoms. The fourth-order valence-corrected chi connectivity index (χ4v) is 2.32. The van der Waals surface area contributed by atoms with E-state index in [1.807, 2.05) is 18.2 Å². The van der Waals surface area contributed by atoms with Gasteiger partial charge in [-0.05, 0) is 25.0 Å². The van der Waals surface area contributed by atoms with Gasteiger partial charge in [0.25, 0.3) is 0 Å². The minimum absolute atomic E-state index is 0.140. The summed E-state index contributed by atoms with van der Waals surface area (Å²) in [7, 11) is 0. The van der Waals surface area contributed by atoms with Crippen LogP contribution in [-0.4, -0.2) is 25.0 Å². The smallest absolute Gasteiger partial charge is 0.145 e. The minimum atomic E-state index is 0.140. The van der Waals surface area contributed by atoms with E-state index in [2.05, 4.69) is 18.7 Å². The lowest BCUT2D eigenvalue weighted by Gasteiger charge is -2.38. The summed E-state index contributed by atoms with van der Waals surface area (Å²) >= 11 is 0. The largest absolute Gasteiger partial charge is 0.486 e. The number of Topliss-reactive ketones (excluding diaryl/α,β-unsaturated/α-hetero) is 1. The van der Waals surface area contributed by atoms with Crippen LogP contribution in [0.2, 0.25) is 0 Å². The van der Waals surface area contributed by atoms with Crippen molar-refractivity contribution in [3.05, 3.63) is 18.2 Å². The van der Waals surface area contributed by atoms with Crippen LogP contribution in [0.1, 0.15) is 27.2 Å². The molecular formula is C15H22N2O2. The molecule has 2 rings (SSSR count). The van der Waals surface area contributed by atoms with Gasteiger partial charge in [-0.2, -0.15) is 0 Å². The second kappa shape index (κ2) is 5.51. The monoisotopic (exact) mass is 262 g/mol. The van der Waals surface area contributed by atoms with Crippen molar-refractivity contribution in [2.75, 3.05) is 23.7 Å². The number of carbonyl (C=O) groups excluding carboxylic acids is 1. The van der Waals surface area contributed by atoms with Gasteiger partial charge in [0.1, 0.15) is 23.3 Å². The van der Waals surface area contributed by atoms with Gasteiger partial charge in [0, 0.05) is 13.0 Å². The van der Waals surface area contributed by atoms with Crippen molar-refractivity contribution in [3.63, 3.8) is 0 Å². The highest BCUT2D eigenvalue weighted by molar-refractivity contribution is 5.79. The molecule has 1 aromatic carbocycles. The van der Waals surface area contributed by atoms with Gasteiger partial charge in [0.15, 0.2) is 0 Å². The van der Waals surface area contributed by atoms with E-state index in [0.717, 1.165) is 18.0 Å². The molecule has 1 heterocycles. The fourth-order valence-electron chi connectivity index (χ4n) is 2.32. The van der Waals surface area contributed by atoms with Crippen LogP contribution in [-0.2, 0) is 4.79 Å². The second-order valence-corrected chi connectivity index (χ2v) is 5.49. The number of rotatable bonds is 4. The molecule has 19 heavy (non-hydrogen) atoms. The molecule has 0 fully saturated rings. The highest BCUT2D eigenvalue weighted by atomic mass is 16.5. The number of nitrogens with zero attached hydrogens (tertiary/aromatic N) is 1. The first-order valence-electron chi connectivity index (χ1n) is 6.78. The Morgan fingerprint density at radius 1 is 1.53 bits per heavy atom. The first-order valence-corrected chi connectivity index (χ1v) is 6.78. The van der Waals surface area contributed by atoms with Gasteiger partial charge in [-0.3, -0.25) is 4.79 Å². The maximum atomic E-state index is 11.2. The molecular weight excluding hydrogens is 240 g/mol. The number of nitrogens with two attached hydrogens (primary N) is 1. The molecule has 1 aromatic rings. The van der Waals surface area contributed by atoms with Gasteiger partial charge >= 0.3 is 0 Å². The SMILES string of the molecule is CC(=O)CCN1CC(C(C)C)Oc2cccc(N)c21. The van der Waals surface area contributed by atoms with E-state index in [-0.39, 0.29) is 11.9 Å². The summed E-state index contributed by atoms with van der Waals surface area (Å²) in [5.41, 5.74) is 7.70. The number of ketones is 1. The van der Waals surface area contributed by atoms with Crippen LogP contribution in [0.15, 0.2) is 18.2 Å². The van der Waals surface area contributed by atoms with E-state index in [4.69, 9.17) is 10.5 Å². The van der Waals surface area contributed by atoms with E-state index in [1.165, 1.54) is 0 Å². The molecule has 0 bridgehead atoms. The number of ether oxygens (including phenoxy) is 1. The number of carbonyl (C=O) groups is 1. The first kappa shape index (κ1) is 13.7. The molecule has 0 radical (unpaired) electrons. The van der Waals surface area contributed by atoms with Crippen molar-refractivity contribution in [2.24, 2.45) is 5.92 Å². The van der Waals surface area contributed by atoms with Gasteiger partial charge in [-0.15, -0.1) is 0 Å². The zero-order chi connectivity index (χ0) is 14.0. The molecule has 0 aromatic heterocycles. The van der Waals surface area contributed by atoms with Crippen LogP contribution in [0.3, 0.4) is 0 Å². The van der Waals surface area contributed by atoms with Gasteiger partial charge in [-0.25, -0.2) is 0 Å². The molecule has 0 spiro atoms. The summed E-state index contributed by atoms with van der Waals surface area (Å²) < 4.78 is 6.00. The molecule has 1 atom stereocenters. The number of fused-ring (bicyclic) bond motifs is 1. The van der Waals surface area contributed by atoms with Gasteiger partial charge in [-0.1, -0.05) is 19.9 Å². The number of benzene rings is 1. The van der Waals surface area contributed by atoms with E-state index in [9.17, 15) is 4.79 Å². The lowest BCUT2D eigenvalue weighted by Crippen LogP contribution is -2.43. The van der Waals surface area contributed by atoms with Crippen LogP contribution in [0.25, 0.3) is 0 Å². The Morgan fingerprint density at radius 2 is 2.26 bits per heavy atom. The van der Waals surface area contributed by atoms with Gasteiger partial charge in [0.05, 0.1) is 12.2 Å². The maximum Gasteiger partial charge on any atom is 0.145 e. The molecule has 4 nitrogen and oxygen atoms in total. The normalized spacial score (nSPS) is 18.1. The zero-order valence-corrected chi connectivity index (χ0v) is 11.8. The second-order valence-electron chi connectivity index (χ2n) is 5.49. The molecule has 0 saturated heterocycles. The fraction of sp³-hybridized carbons (Fsp3) is 0.533. The molecule has 0 aliphatic carbocycles. The Balaban J connectivity index is 2.28. The maximum absolute atomic E-state index is 11.2. The molecule has 2 N–H and O–H groups in total. The highest BCUT2D eigenvalue weighted by Crippen LogP contribution is 2.39. The molecule has 104 valence electrons. The quantitative estimate of drug-likeness (QED) is 0.847. The van der Waals surface area contributed by atoms with Crippen molar-refractivity contribution in [1.82, 2.24) is 0 Å². The predicted molar refractivity (Wildman–Crippen MR) is 77.6 cm³/mol. The van der Waals surface area contributed by atoms with Crippen LogP contribution < -0.4 is 15.4 Å². The summed E-state index contributed by atoms with van der Waals surface area (Å²) in [4.78, 5) is 13.4. The van der Waals surface area contributed by atoms with Crippen molar-refractivity contribution in [3.8, 4) is 5.75 Å². The molecule has 1 aliphatic rings. The highest BCUT2D eigenvalue weighted by Gasteiger charge is 2.29. The number of para-hydroxylation sites is 1. The summed E-state index contributed by atoms with van der Waals surface area (Å²) in [6, 6.07) is 5.72. The van der Waals surface area contributed by atoms with Gasteiger partial charge in [0.2, 0.25) is 0 Å². The number of anilines is 2. The number of hydrogen-bond acceptors (Lipinski definition) is 4. The third-order valence-corrected chi connectivity index (χ3v) is 3.50. The Kier molecular flexibility index (Phi) is 3.98. The van der Waals surface area contributed by atoms with E-state index < -0.39 is 0 Å². The van der Waals surface area contributed by atoms with Crippen LogP contribution in [0, 0.1) is 5.92 Å². The molecule has 1 unspecified atom stereocenters. The molecule has 0 saturated carbocycles. The third-order valence-electron chi connectivity index (χ3n) is 3.50. The average molecular weight is 262 g/mol. The Bertz CT molecular complexity index is 471. The third kappa shape index (κ3) is 3.00. The van der Waals surface area contributed by atoms with E-state index in [0.29, 0.717) is 24.6 Å². The van der Waals surface area contributed by atoms with Gasteiger partial charge < -0.3 is 15.4 Å². The minimum Gasteiger partial charge on any atom is -0.486 e. The first-order chi connectivity index (χ1) is 8.99. The van der Waals surface area contributed by atoms with Crippen molar-refractivity contribution in [1.29, 1.82) is 0 Å². The van der Waals surface area contributed by atoms with Crippen molar-refractivity contribution < 1.29 is 9.53 Å². The van der Waals surface area contributed by atoms with E-state index in [1.54, 1.807) is 6.92 Å². The lowest BCUT2D eigenvalue weighted by atomic mass is 10.0. The summed E-state index contributed by atoms with van der Waals surface area (Å²) in [5, 5.41) is 0. The Morgan fingerprint density at radius 3 is 2.89 bits per heavy atom. The summed E-state index contributed by atoms with van der Waals surface area (Å²) in [5.74, 6) is 1.45. The molecule has 0 amide bonds. The Hall–Kier alpha value is -1.71. The summed E-state index contributed by atoms with van der Waals surface area (Å²) in [6.07, 6.45) is 0.680. The standard InChI is InChI=1S/C15H22N2O2/c1-10(2)14-9-17(8-7-11(3)18)15-12(16)5-4-6-13(15)19-14/h4-6,10,14H,7-9,16H2,1-3H3. The van der Waals surface area contributed by atoms with Crippen LogP contribution >= 0.6 is 0 Å². The van der Waals surface area contributed by atoms with E-state index >= 15 is 0 Å². The van der Waals surface area contributed by atoms with Crippen LogP contribution in [0.4, 0.5) is 11.4 Å². The average Bonchev–Trinajstić information content (AvgIpc) is 2.35. The molecule has 1 aliphatic heterocycles. The van der Waals surface area contributed by atoms with Crippen molar-refractivity contribution >= 4 is 17.2 Å². The lowest BCUT2D eigenvalue weighted by molar-refractivity contribution is -0.116. The Labute approximate surface area is 114 Å². The number of hydrogen-bond donors (Lipinski definition) is 1. The van der Waals surface area contributed by atoms with Crippen LogP contribution in [0.5, 0.6) is 5.75 Å².